The molecule has 0 radical (unpaired) electrons. The predicted molar refractivity (Wildman–Crippen MR) is 149 cm³/mol. The first kappa shape index (κ1) is 28.3. The van der Waals surface area contributed by atoms with Crippen LogP contribution >= 0.6 is 11.3 Å². The second kappa shape index (κ2) is 10.9. The summed E-state index contributed by atoms with van der Waals surface area (Å²) >= 11 is 1.12. The molecule has 8 nitrogen and oxygen atoms in total. The molecule has 0 N–H and O–H groups in total. The number of hydrogen-bond donors (Lipinski definition) is 0. The van der Waals surface area contributed by atoms with Crippen molar-refractivity contribution in [1.29, 1.82) is 5.26 Å². The van der Waals surface area contributed by atoms with Crippen molar-refractivity contribution in [3.05, 3.63) is 95.0 Å². The molecule has 1 aliphatic heterocycles. The first-order valence-corrected chi connectivity index (χ1v) is 14.6. The highest BCUT2D eigenvalue weighted by Crippen LogP contribution is 2.45. The van der Waals surface area contributed by atoms with Gasteiger partial charge in [-0.25, -0.2) is 17.7 Å². The van der Waals surface area contributed by atoms with Crippen molar-refractivity contribution in [2.75, 3.05) is 16.3 Å². The van der Waals surface area contributed by atoms with Gasteiger partial charge in [0.25, 0.3) is 10.0 Å². The Morgan fingerprint density at radius 3 is 2.49 bits per heavy atom. The number of sulfonamides is 1. The number of thiazole rings is 1. The highest BCUT2D eigenvalue weighted by molar-refractivity contribution is 7.93. The van der Waals surface area contributed by atoms with Crippen LogP contribution in [0, 0.1) is 11.3 Å². The number of hydrogen-bond acceptors (Lipinski definition) is 8. The van der Waals surface area contributed by atoms with Crippen LogP contribution in [0.3, 0.4) is 0 Å². The number of nitrogens with zero attached hydrogens (tertiary/aromatic N) is 4. The van der Waals surface area contributed by atoms with Gasteiger partial charge in [0.1, 0.15) is 23.7 Å². The van der Waals surface area contributed by atoms with E-state index < -0.39 is 33.2 Å². The molecule has 0 fully saturated rings. The summed E-state index contributed by atoms with van der Waals surface area (Å²) in [7, 11) is -2.87. The molecule has 5 rings (SSSR count). The monoisotopic (exact) mass is 600 g/mol. The van der Waals surface area contributed by atoms with E-state index in [0.29, 0.717) is 22.7 Å². The summed E-state index contributed by atoms with van der Waals surface area (Å²) in [4.78, 5) is 5.62. The number of aromatic nitrogens is 1. The Morgan fingerprint density at radius 1 is 1.12 bits per heavy atom. The van der Waals surface area contributed by atoms with Crippen LogP contribution in [0.25, 0.3) is 0 Å². The van der Waals surface area contributed by atoms with Gasteiger partial charge in [-0.05, 0) is 55.0 Å². The minimum absolute atomic E-state index is 0.000196. The van der Waals surface area contributed by atoms with E-state index in [1.165, 1.54) is 18.2 Å². The molecule has 0 saturated heterocycles. The Hall–Kier alpha value is -4.28. The van der Waals surface area contributed by atoms with E-state index in [0.717, 1.165) is 33.8 Å². The van der Waals surface area contributed by atoms with Gasteiger partial charge in [-0.1, -0.05) is 24.3 Å². The zero-order chi connectivity index (χ0) is 29.4. The average molecular weight is 601 g/mol. The summed E-state index contributed by atoms with van der Waals surface area (Å²) in [5.41, 5.74) is -0.414. The highest BCUT2D eigenvalue weighted by atomic mass is 32.2. The second-order valence-corrected chi connectivity index (χ2v) is 11.9. The number of nitriles is 1. The summed E-state index contributed by atoms with van der Waals surface area (Å²) in [6.07, 6.45) is -4.21. The van der Waals surface area contributed by atoms with Gasteiger partial charge in [0, 0.05) is 11.6 Å². The molecule has 4 aromatic rings. The molecule has 41 heavy (non-hydrogen) atoms. The van der Waals surface area contributed by atoms with Crippen molar-refractivity contribution in [3.8, 4) is 17.6 Å². The standard InChI is InChI=1S/C28H23F3N4O4S2/c1-18-26(41(36,37)34(27-33-13-14-40-27)17-19-7-10-22(38-2)11-8-19)35(24-5-3-4-6-25(24)39-18)23-12-9-21(28(29,30)31)15-20(23)16-32/h3-15,18,26H,17H2,1-2H3. The van der Waals surface area contributed by atoms with E-state index in [-0.39, 0.29) is 22.9 Å². The number of methoxy groups -OCH3 is 1. The van der Waals surface area contributed by atoms with E-state index in [4.69, 9.17) is 9.47 Å². The third-order valence-corrected chi connectivity index (χ3v) is 9.56. The van der Waals surface area contributed by atoms with Crippen LogP contribution in [0.1, 0.15) is 23.6 Å². The van der Waals surface area contributed by atoms with Gasteiger partial charge >= 0.3 is 6.18 Å². The smallest absolute Gasteiger partial charge is 0.416 e. The van der Waals surface area contributed by atoms with Crippen molar-refractivity contribution in [2.24, 2.45) is 0 Å². The molecule has 3 aromatic carbocycles. The summed E-state index contributed by atoms with van der Waals surface area (Å²) in [5, 5.41) is 10.3. The lowest BCUT2D eigenvalue weighted by atomic mass is 10.1. The number of alkyl halides is 3. The van der Waals surface area contributed by atoms with Crippen molar-refractivity contribution in [1.82, 2.24) is 4.98 Å². The first-order chi connectivity index (χ1) is 19.5. The number of halogens is 3. The van der Waals surface area contributed by atoms with E-state index >= 15 is 0 Å². The van der Waals surface area contributed by atoms with Crippen molar-refractivity contribution in [2.45, 2.75) is 31.1 Å². The number of para-hydroxylation sites is 2. The molecule has 0 bridgehead atoms. The van der Waals surface area contributed by atoms with Crippen LogP contribution in [0.15, 0.2) is 78.3 Å². The summed E-state index contributed by atoms with van der Waals surface area (Å²) in [6, 6.07) is 17.9. The molecule has 13 heteroatoms. The molecule has 0 aliphatic carbocycles. The Kier molecular flexibility index (Phi) is 7.54. The second-order valence-electron chi connectivity index (χ2n) is 9.11. The fraction of sp³-hybridized carbons (Fsp3) is 0.214. The minimum Gasteiger partial charge on any atom is -0.497 e. The number of ether oxygens (including phenoxy) is 2. The molecular weight excluding hydrogens is 577 g/mol. The van der Waals surface area contributed by atoms with Crippen LogP contribution in [0.5, 0.6) is 11.5 Å². The lowest BCUT2D eigenvalue weighted by molar-refractivity contribution is -0.137. The Balaban J connectivity index is 1.68. The molecule has 2 atom stereocenters. The van der Waals surface area contributed by atoms with E-state index in [9.17, 15) is 26.9 Å². The SMILES string of the molecule is COc1ccc(CN(c2nccs2)S(=O)(=O)C2C(C)Oc3ccccc3N2c2ccc(C(F)(F)F)cc2C#N)cc1. The van der Waals surface area contributed by atoms with Gasteiger partial charge in [0.15, 0.2) is 10.5 Å². The lowest BCUT2D eigenvalue weighted by Gasteiger charge is -2.43. The van der Waals surface area contributed by atoms with Crippen LogP contribution in [0.4, 0.5) is 29.7 Å². The van der Waals surface area contributed by atoms with Crippen LogP contribution in [0.2, 0.25) is 0 Å². The number of fused-ring (bicyclic) bond motifs is 1. The topological polar surface area (TPSA) is 95.8 Å². The summed E-state index contributed by atoms with van der Waals surface area (Å²) in [5.74, 6) is 0.923. The van der Waals surface area contributed by atoms with Gasteiger partial charge in [-0.3, -0.25) is 0 Å². The molecule has 0 saturated carbocycles. The third kappa shape index (κ3) is 5.40. The maximum Gasteiger partial charge on any atom is 0.416 e. The highest BCUT2D eigenvalue weighted by Gasteiger charge is 2.47. The number of anilines is 3. The Labute approximate surface area is 238 Å². The maximum absolute atomic E-state index is 14.6. The predicted octanol–water partition coefficient (Wildman–Crippen LogP) is 6.32. The Bertz CT molecular complexity index is 1690. The average Bonchev–Trinajstić information content (AvgIpc) is 3.49. The minimum atomic E-state index is -4.69. The molecule has 212 valence electrons. The van der Waals surface area contributed by atoms with Crippen molar-refractivity contribution in [3.63, 3.8) is 0 Å². The zero-order valence-electron chi connectivity index (χ0n) is 21.7. The largest absolute Gasteiger partial charge is 0.497 e. The molecule has 0 amide bonds. The maximum atomic E-state index is 14.6. The van der Waals surface area contributed by atoms with Crippen LogP contribution < -0.4 is 18.7 Å². The van der Waals surface area contributed by atoms with Gasteiger partial charge in [0.05, 0.1) is 36.2 Å². The van der Waals surface area contributed by atoms with Crippen LogP contribution in [-0.2, 0) is 22.7 Å². The van der Waals surface area contributed by atoms with Crippen molar-refractivity contribution < 1.29 is 31.1 Å². The molecule has 1 aromatic heterocycles. The molecule has 2 heterocycles. The van der Waals surface area contributed by atoms with E-state index in [1.54, 1.807) is 60.8 Å². The van der Waals surface area contributed by atoms with Gasteiger partial charge < -0.3 is 14.4 Å². The van der Waals surface area contributed by atoms with E-state index in [2.05, 4.69) is 4.98 Å². The summed E-state index contributed by atoms with van der Waals surface area (Å²) in [6.45, 7) is 1.48. The fourth-order valence-electron chi connectivity index (χ4n) is 4.65. The Morgan fingerprint density at radius 2 is 1.85 bits per heavy atom. The molecule has 0 spiro atoms. The van der Waals surface area contributed by atoms with Gasteiger partial charge in [-0.15, -0.1) is 11.3 Å². The molecular formula is C28H23F3N4O4S2. The van der Waals surface area contributed by atoms with Gasteiger partial charge in [0.2, 0.25) is 0 Å². The van der Waals surface area contributed by atoms with Crippen molar-refractivity contribution >= 4 is 37.9 Å². The normalized spacial score (nSPS) is 16.8. The fourth-order valence-corrected chi connectivity index (χ4v) is 7.52. The van der Waals surface area contributed by atoms with E-state index in [1.807, 2.05) is 6.07 Å². The number of rotatable bonds is 7. The summed E-state index contributed by atoms with van der Waals surface area (Å²) < 4.78 is 82.2. The first-order valence-electron chi connectivity index (χ1n) is 12.2. The van der Waals surface area contributed by atoms with Gasteiger partial charge in [-0.2, -0.15) is 18.4 Å². The molecule has 1 aliphatic rings. The zero-order valence-corrected chi connectivity index (χ0v) is 23.4. The number of benzene rings is 3. The third-order valence-electron chi connectivity index (χ3n) is 6.53. The van der Waals surface area contributed by atoms with Crippen LogP contribution in [-0.4, -0.2) is 32.0 Å². The quantitative estimate of drug-likeness (QED) is 0.245. The lowest BCUT2D eigenvalue weighted by Crippen LogP contribution is -2.55. The molecule has 2 unspecified atom stereocenters.